The van der Waals surface area contributed by atoms with Gasteiger partial charge in [0.2, 0.25) is 5.91 Å². The van der Waals surface area contributed by atoms with E-state index in [-0.39, 0.29) is 35.9 Å². The van der Waals surface area contributed by atoms with Gasteiger partial charge in [-0.2, -0.15) is 9.97 Å². The number of aromatic nitrogens is 2. The maximum Gasteiger partial charge on any atom is 0.327 e. The number of carbonyl (C=O) groups excluding carboxylic acids is 1. The number of ether oxygens (including phenoxy) is 1. The number of fused-ring (bicyclic) bond motifs is 1. The molecule has 1 aromatic heterocycles. The van der Waals surface area contributed by atoms with Gasteiger partial charge in [-0.15, -0.1) is 0 Å². The lowest BCUT2D eigenvalue weighted by molar-refractivity contribution is -0.117. The number of para-hydroxylation sites is 3. The lowest BCUT2D eigenvalue weighted by atomic mass is 9.89. The second-order valence-corrected chi connectivity index (χ2v) is 7.64. The molecule has 0 aliphatic carbocycles. The number of benzene rings is 3. The van der Waals surface area contributed by atoms with Crippen LogP contribution in [0.5, 0.6) is 17.6 Å². The molecule has 9 heteroatoms. The third-order valence-electron chi connectivity index (χ3n) is 5.36. The summed E-state index contributed by atoms with van der Waals surface area (Å²) in [5, 5.41) is 2.80. The van der Waals surface area contributed by atoms with Crippen LogP contribution in [0, 0.1) is 5.82 Å². The molecular formula is C25H20FN5O3. The number of hydrogen-bond acceptors (Lipinski definition) is 7. The van der Waals surface area contributed by atoms with Crippen LogP contribution < -0.4 is 26.1 Å². The highest BCUT2D eigenvalue weighted by atomic mass is 19.1. The fourth-order valence-corrected chi connectivity index (χ4v) is 3.61. The van der Waals surface area contributed by atoms with Gasteiger partial charge in [-0.05, 0) is 48.4 Å². The molecule has 1 unspecified atom stereocenters. The topological polar surface area (TPSA) is 111 Å². The molecule has 1 aliphatic rings. The quantitative estimate of drug-likeness (QED) is 0.285. The van der Waals surface area contributed by atoms with Crippen molar-refractivity contribution in [1.29, 1.82) is 0 Å². The van der Waals surface area contributed by atoms with Crippen LogP contribution in [0.2, 0.25) is 0 Å². The summed E-state index contributed by atoms with van der Waals surface area (Å²) >= 11 is 0. The van der Waals surface area contributed by atoms with E-state index in [4.69, 9.17) is 15.3 Å². The zero-order valence-corrected chi connectivity index (χ0v) is 17.9. The summed E-state index contributed by atoms with van der Waals surface area (Å²) < 4.78 is 19.2. The van der Waals surface area contributed by atoms with Gasteiger partial charge < -0.3 is 20.6 Å². The molecule has 0 saturated carbocycles. The first kappa shape index (κ1) is 21.2. The molecule has 2 heterocycles. The maximum atomic E-state index is 13.4. The average Bonchev–Trinajstić information content (AvgIpc) is 2.84. The molecule has 0 spiro atoms. The van der Waals surface area contributed by atoms with Gasteiger partial charge in [0, 0.05) is 0 Å². The van der Waals surface area contributed by atoms with Crippen molar-refractivity contribution in [3.8, 4) is 17.6 Å². The Labute approximate surface area is 194 Å². The van der Waals surface area contributed by atoms with Crippen LogP contribution in [0.4, 0.5) is 21.6 Å². The first-order valence-corrected chi connectivity index (χ1v) is 10.5. The van der Waals surface area contributed by atoms with Gasteiger partial charge in [-0.1, -0.05) is 42.5 Å². The number of halogens is 1. The zero-order chi connectivity index (χ0) is 23.5. The Kier molecular flexibility index (Phi) is 5.65. The van der Waals surface area contributed by atoms with E-state index in [1.54, 1.807) is 36.4 Å². The molecule has 3 aromatic carbocycles. The van der Waals surface area contributed by atoms with Crippen LogP contribution in [0.1, 0.15) is 17.0 Å². The number of nitrogens with zero attached hydrogens (tertiary/aromatic N) is 2. The normalized spacial score (nSPS) is 14.6. The lowest BCUT2D eigenvalue weighted by Crippen LogP contribution is -2.30. The summed E-state index contributed by atoms with van der Waals surface area (Å²) in [6.07, 6.45) is 0.250. The summed E-state index contributed by atoms with van der Waals surface area (Å²) in [4.78, 5) is 27.5. The monoisotopic (exact) mass is 457 g/mol. The Morgan fingerprint density at radius 1 is 0.971 bits per heavy atom. The van der Waals surface area contributed by atoms with Gasteiger partial charge in [0.15, 0.2) is 0 Å². The van der Waals surface area contributed by atoms with Gasteiger partial charge in [0.1, 0.15) is 17.4 Å². The fourth-order valence-electron chi connectivity index (χ4n) is 3.61. The minimum absolute atomic E-state index is 0.00307. The Morgan fingerprint density at radius 2 is 1.71 bits per heavy atom. The van der Waals surface area contributed by atoms with E-state index < -0.39 is 5.92 Å². The van der Waals surface area contributed by atoms with Crippen LogP contribution in [-0.2, 0) is 11.2 Å². The highest BCUT2D eigenvalue weighted by Gasteiger charge is 2.32. The number of hydrogen-bond donors (Lipinski definition) is 3. The standard InChI is InChI=1S/C25H20FN5O3/c26-16-12-10-15(11-13-16)18-14-19-22(28-23(18)32)29-25(33-17-6-2-1-3-7-17)30-24(19)34-31-21-9-5-4-8-20(21)27/h1-13,18,31H,14,27H2,(H,28,29,30,32). The van der Waals surface area contributed by atoms with Crippen molar-refractivity contribution in [3.05, 3.63) is 95.8 Å². The SMILES string of the molecule is Nc1ccccc1NOc1nc(Oc2ccccc2)nc2c1CC(c1ccc(F)cc1)C(=O)N2. The first-order valence-electron chi connectivity index (χ1n) is 10.5. The summed E-state index contributed by atoms with van der Waals surface area (Å²) in [5.41, 5.74) is 11.1. The van der Waals surface area contributed by atoms with E-state index in [0.29, 0.717) is 28.3 Å². The maximum absolute atomic E-state index is 13.4. The molecule has 4 aromatic rings. The number of nitrogen functional groups attached to an aromatic ring is 1. The molecular weight excluding hydrogens is 437 g/mol. The minimum Gasteiger partial charge on any atom is -0.424 e. The summed E-state index contributed by atoms with van der Waals surface area (Å²) in [6, 6.07) is 21.9. The summed E-state index contributed by atoms with van der Waals surface area (Å²) in [7, 11) is 0. The largest absolute Gasteiger partial charge is 0.424 e. The van der Waals surface area contributed by atoms with Crippen LogP contribution in [-0.4, -0.2) is 15.9 Å². The fraction of sp³-hybridized carbons (Fsp3) is 0.0800. The molecule has 4 N–H and O–H groups in total. The van der Waals surface area contributed by atoms with Gasteiger partial charge in [0.25, 0.3) is 5.88 Å². The van der Waals surface area contributed by atoms with Gasteiger partial charge in [-0.3, -0.25) is 4.79 Å². The van der Waals surface area contributed by atoms with Gasteiger partial charge >= 0.3 is 6.01 Å². The van der Waals surface area contributed by atoms with Gasteiger partial charge in [-0.25, -0.2) is 9.87 Å². The summed E-state index contributed by atoms with van der Waals surface area (Å²) in [5.74, 6) is -0.232. The first-order chi connectivity index (χ1) is 16.6. The van der Waals surface area contributed by atoms with Crippen LogP contribution in [0.3, 0.4) is 0 Å². The van der Waals surface area contributed by atoms with E-state index in [2.05, 4.69) is 20.8 Å². The Hall–Kier alpha value is -4.66. The van der Waals surface area contributed by atoms with Crippen molar-refractivity contribution in [3.63, 3.8) is 0 Å². The molecule has 8 nitrogen and oxygen atoms in total. The van der Waals surface area contributed by atoms with Gasteiger partial charge in [0.05, 0.1) is 22.9 Å². The minimum atomic E-state index is -0.568. The molecule has 0 saturated heterocycles. The Balaban J connectivity index is 1.50. The molecule has 5 rings (SSSR count). The molecule has 0 radical (unpaired) electrons. The third-order valence-corrected chi connectivity index (χ3v) is 5.36. The highest BCUT2D eigenvalue weighted by molar-refractivity contribution is 5.98. The van der Waals surface area contributed by atoms with Crippen molar-refractivity contribution in [1.82, 2.24) is 9.97 Å². The molecule has 0 fully saturated rings. The van der Waals surface area contributed by atoms with Crippen LogP contribution in [0.25, 0.3) is 0 Å². The number of rotatable bonds is 6. The van der Waals surface area contributed by atoms with Crippen molar-refractivity contribution < 1.29 is 18.8 Å². The van der Waals surface area contributed by atoms with E-state index in [1.165, 1.54) is 12.1 Å². The van der Waals surface area contributed by atoms with E-state index in [0.717, 1.165) is 0 Å². The van der Waals surface area contributed by atoms with E-state index in [9.17, 15) is 9.18 Å². The number of amides is 1. The predicted molar refractivity (Wildman–Crippen MR) is 125 cm³/mol. The van der Waals surface area contributed by atoms with Crippen LogP contribution in [0.15, 0.2) is 78.9 Å². The summed E-state index contributed by atoms with van der Waals surface area (Å²) in [6.45, 7) is 0. The van der Waals surface area contributed by atoms with Crippen molar-refractivity contribution in [2.75, 3.05) is 16.5 Å². The second kappa shape index (κ2) is 9.07. The van der Waals surface area contributed by atoms with Crippen molar-refractivity contribution in [2.24, 2.45) is 0 Å². The molecule has 0 bridgehead atoms. The van der Waals surface area contributed by atoms with E-state index in [1.807, 2.05) is 30.3 Å². The van der Waals surface area contributed by atoms with Crippen LogP contribution >= 0.6 is 0 Å². The smallest absolute Gasteiger partial charge is 0.327 e. The average molecular weight is 457 g/mol. The molecule has 1 atom stereocenters. The van der Waals surface area contributed by atoms with Crippen molar-refractivity contribution in [2.45, 2.75) is 12.3 Å². The predicted octanol–water partition coefficient (Wildman–Crippen LogP) is 4.67. The molecule has 34 heavy (non-hydrogen) atoms. The second-order valence-electron chi connectivity index (χ2n) is 7.64. The molecule has 170 valence electrons. The lowest BCUT2D eigenvalue weighted by Gasteiger charge is -2.25. The zero-order valence-electron chi connectivity index (χ0n) is 17.9. The Bertz CT molecular complexity index is 1330. The van der Waals surface area contributed by atoms with E-state index >= 15 is 0 Å². The third kappa shape index (κ3) is 4.44. The molecule has 1 aliphatic heterocycles. The number of nitrogens with two attached hydrogens (primary N) is 1. The van der Waals surface area contributed by atoms with Crippen molar-refractivity contribution >= 4 is 23.1 Å². The highest BCUT2D eigenvalue weighted by Crippen LogP contribution is 2.37. The number of carbonyl (C=O) groups is 1. The number of anilines is 3. The molecule has 1 amide bonds. The Morgan fingerprint density at radius 3 is 2.47 bits per heavy atom. The number of nitrogens with one attached hydrogen (secondary N) is 2.